The molecule has 0 aliphatic rings. The van der Waals surface area contributed by atoms with Crippen molar-refractivity contribution in [2.75, 3.05) is 5.75 Å². The number of carbonyl (C=O) groups is 1. The Balaban J connectivity index is 2.07. The molecule has 0 N–H and O–H groups in total. The minimum absolute atomic E-state index is 0.102. The van der Waals surface area contributed by atoms with Gasteiger partial charge in [0, 0.05) is 17.3 Å². The lowest BCUT2D eigenvalue weighted by molar-refractivity contribution is -0.137. The molecule has 0 aliphatic carbocycles. The van der Waals surface area contributed by atoms with Gasteiger partial charge in [-0.2, -0.15) is 18.4 Å². The van der Waals surface area contributed by atoms with Crippen LogP contribution in [0.3, 0.4) is 0 Å². The second-order valence-corrected chi connectivity index (χ2v) is 6.91. The van der Waals surface area contributed by atoms with Crippen molar-refractivity contribution in [3.63, 3.8) is 0 Å². The number of rotatable bonds is 5. The van der Waals surface area contributed by atoms with Crippen LogP contribution in [-0.4, -0.2) is 21.5 Å². The van der Waals surface area contributed by atoms with Crippen LogP contribution >= 0.6 is 34.7 Å². The molecule has 2 aromatic heterocycles. The molecular weight excluding hydrogens is 383 g/mol. The van der Waals surface area contributed by atoms with Crippen molar-refractivity contribution in [2.45, 2.75) is 24.0 Å². The van der Waals surface area contributed by atoms with Crippen molar-refractivity contribution in [1.82, 2.24) is 9.97 Å². The molecule has 0 aromatic carbocycles. The van der Waals surface area contributed by atoms with Crippen molar-refractivity contribution >= 4 is 40.5 Å². The zero-order chi connectivity index (χ0) is 17.9. The van der Waals surface area contributed by atoms with Crippen LogP contribution in [0.5, 0.6) is 0 Å². The van der Waals surface area contributed by atoms with Crippen LogP contribution in [0.15, 0.2) is 22.7 Å². The van der Waals surface area contributed by atoms with E-state index in [4.69, 9.17) is 16.9 Å². The number of nitriles is 1. The lowest BCUT2D eigenvalue weighted by atomic mass is 10.1. The van der Waals surface area contributed by atoms with Crippen LogP contribution in [0.2, 0.25) is 5.02 Å². The first kappa shape index (κ1) is 18.7. The summed E-state index contributed by atoms with van der Waals surface area (Å²) in [4.78, 5) is 19.9. The van der Waals surface area contributed by atoms with Gasteiger partial charge in [-0.15, -0.1) is 11.3 Å². The Morgan fingerprint density at radius 1 is 1.54 bits per heavy atom. The summed E-state index contributed by atoms with van der Waals surface area (Å²) in [6.45, 7) is 1.75. The summed E-state index contributed by atoms with van der Waals surface area (Å²) in [7, 11) is 0. The fourth-order valence-electron chi connectivity index (χ4n) is 1.68. The molecule has 0 amide bonds. The van der Waals surface area contributed by atoms with Crippen molar-refractivity contribution < 1.29 is 18.0 Å². The SMILES string of the molecule is Cc1csc([C@H](C#N)C(=O)CSc2ncc(C(F)(F)F)cc2Cl)n1. The summed E-state index contributed by atoms with van der Waals surface area (Å²) in [5, 5.41) is 11.2. The van der Waals surface area contributed by atoms with Crippen LogP contribution in [0.1, 0.15) is 22.2 Å². The number of carbonyl (C=O) groups excluding carboxylic acids is 1. The molecule has 2 rings (SSSR count). The molecule has 0 bridgehead atoms. The van der Waals surface area contributed by atoms with E-state index in [1.54, 1.807) is 12.3 Å². The number of halogens is 4. The monoisotopic (exact) mass is 391 g/mol. The lowest BCUT2D eigenvalue weighted by Crippen LogP contribution is -2.13. The molecule has 2 heterocycles. The predicted octanol–water partition coefficient (Wildman–Crippen LogP) is 4.49. The highest BCUT2D eigenvalue weighted by Crippen LogP contribution is 2.34. The Labute approximate surface area is 148 Å². The minimum atomic E-state index is -4.54. The number of hydrogen-bond acceptors (Lipinski definition) is 6. The van der Waals surface area contributed by atoms with Gasteiger partial charge in [0.15, 0.2) is 11.7 Å². The van der Waals surface area contributed by atoms with E-state index in [0.29, 0.717) is 16.9 Å². The van der Waals surface area contributed by atoms with Gasteiger partial charge in [-0.3, -0.25) is 4.79 Å². The standard InChI is InChI=1S/C14H9ClF3N3OS2/c1-7-5-23-12(21-7)9(3-19)11(22)6-24-13-10(15)2-8(4-20-13)14(16,17)18/h2,4-5,9H,6H2,1H3/t9-/m1/s1. The first-order valence-electron chi connectivity index (χ1n) is 6.42. The Bertz CT molecular complexity index is 801. The summed E-state index contributed by atoms with van der Waals surface area (Å²) < 4.78 is 37.7. The van der Waals surface area contributed by atoms with Gasteiger partial charge in [-0.25, -0.2) is 9.97 Å². The highest BCUT2D eigenvalue weighted by molar-refractivity contribution is 8.00. The van der Waals surface area contributed by atoms with E-state index in [-0.39, 0.29) is 15.8 Å². The Morgan fingerprint density at radius 3 is 2.75 bits per heavy atom. The van der Waals surface area contributed by atoms with Gasteiger partial charge in [0.1, 0.15) is 10.0 Å². The van der Waals surface area contributed by atoms with E-state index < -0.39 is 23.4 Å². The van der Waals surface area contributed by atoms with Gasteiger partial charge in [0.2, 0.25) is 0 Å². The molecule has 0 radical (unpaired) electrons. The largest absolute Gasteiger partial charge is 0.417 e. The van der Waals surface area contributed by atoms with Gasteiger partial charge in [0.25, 0.3) is 0 Å². The first-order valence-corrected chi connectivity index (χ1v) is 8.66. The molecule has 126 valence electrons. The van der Waals surface area contributed by atoms with Crippen molar-refractivity contribution in [3.05, 3.63) is 38.9 Å². The molecule has 0 aliphatic heterocycles. The van der Waals surface area contributed by atoms with E-state index >= 15 is 0 Å². The number of ketones is 1. The van der Waals surface area contributed by atoms with Crippen LogP contribution in [0, 0.1) is 18.3 Å². The van der Waals surface area contributed by atoms with Crippen molar-refractivity contribution in [3.8, 4) is 6.07 Å². The number of alkyl halides is 3. The van der Waals surface area contributed by atoms with E-state index in [2.05, 4.69) is 9.97 Å². The molecule has 0 spiro atoms. The lowest BCUT2D eigenvalue weighted by Gasteiger charge is -2.09. The second-order valence-electron chi connectivity index (χ2n) is 4.65. The summed E-state index contributed by atoms with van der Waals surface area (Å²) in [6, 6.07) is 2.65. The molecule has 0 saturated carbocycles. The third kappa shape index (κ3) is 4.47. The maximum atomic E-state index is 12.6. The number of Topliss-reactive ketones (excluding diaryl/α,β-unsaturated/α-hetero) is 1. The molecule has 1 atom stereocenters. The van der Waals surface area contributed by atoms with E-state index in [0.717, 1.165) is 17.8 Å². The van der Waals surface area contributed by atoms with Crippen LogP contribution in [0.4, 0.5) is 13.2 Å². The average Bonchev–Trinajstić information content (AvgIpc) is 2.92. The molecule has 0 saturated heterocycles. The maximum absolute atomic E-state index is 12.6. The molecule has 0 fully saturated rings. The highest BCUT2D eigenvalue weighted by Gasteiger charge is 2.32. The number of nitrogens with zero attached hydrogens (tertiary/aromatic N) is 3. The highest BCUT2D eigenvalue weighted by atomic mass is 35.5. The normalized spacial score (nSPS) is 12.7. The van der Waals surface area contributed by atoms with Crippen LogP contribution < -0.4 is 0 Å². The summed E-state index contributed by atoms with van der Waals surface area (Å²) in [5.74, 6) is -1.56. The molecule has 24 heavy (non-hydrogen) atoms. The third-order valence-electron chi connectivity index (χ3n) is 2.82. The Hall–Kier alpha value is -1.63. The molecule has 0 unspecified atom stereocenters. The molecule has 2 aromatic rings. The number of thiazole rings is 1. The van der Waals surface area contributed by atoms with Gasteiger partial charge >= 0.3 is 6.18 Å². The quantitative estimate of drug-likeness (QED) is 0.702. The van der Waals surface area contributed by atoms with Crippen LogP contribution in [-0.2, 0) is 11.0 Å². The van der Waals surface area contributed by atoms with Gasteiger partial charge in [0.05, 0.1) is 22.4 Å². The Morgan fingerprint density at radius 2 is 2.25 bits per heavy atom. The average molecular weight is 392 g/mol. The second kappa shape index (κ2) is 7.51. The minimum Gasteiger partial charge on any atom is -0.297 e. The topological polar surface area (TPSA) is 66.6 Å². The van der Waals surface area contributed by atoms with E-state index in [1.165, 1.54) is 11.3 Å². The van der Waals surface area contributed by atoms with Crippen molar-refractivity contribution in [1.29, 1.82) is 5.26 Å². The molecular formula is C14H9ClF3N3OS2. The first-order chi connectivity index (χ1) is 11.2. The number of aryl methyl sites for hydroxylation is 1. The van der Waals surface area contributed by atoms with E-state index in [1.807, 2.05) is 6.07 Å². The number of pyridine rings is 1. The molecule has 4 nitrogen and oxygen atoms in total. The molecule has 10 heteroatoms. The number of aromatic nitrogens is 2. The summed E-state index contributed by atoms with van der Waals surface area (Å²) in [5.41, 5.74) is -0.250. The zero-order valence-corrected chi connectivity index (χ0v) is 14.5. The number of hydrogen-bond donors (Lipinski definition) is 0. The zero-order valence-electron chi connectivity index (χ0n) is 12.1. The Kier molecular flexibility index (Phi) is 5.85. The van der Waals surface area contributed by atoms with Gasteiger partial charge < -0.3 is 0 Å². The van der Waals surface area contributed by atoms with Crippen molar-refractivity contribution in [2.24, 2.45) is 0 Å². The predicted molar refractivity (Wildman–Crippen MR) is 85.2 cm³/mol. The van der Waals surface area contributed by atoms with Gasteiger partial charge in [-0.05, 0) is 13.0 Å². The van der Waals surface area contributed by atoms with Gasteiger partial charge in [-0.1, -0.05) is 23.4 Å². The fraction of sp³-hybridized carbons (Fsp3) is 0.286. The van der Waals surface area contributed by atoms with E-state index in [9.17, 15) is 18.0 Å². The summed E-state index contributed by atoms with van der Waals surface area (Å²) in [6.07, 6.45) is -3.88. The smallest absolute Gasteiger partial charge is 0.297 e. The number of thioether (sulfide) groups is 1. The maximum Gasteiger partial charge on any atom is 0.417 e. The fourth-order valence-corrected chi connectivity index (χ4v) is 3.64. The van der Waals surface area contributed by atoms with Crippen LogP contribution in [0.25, 0.3) is 0 Å². The third-order valence-corrected chi connectivity index (χ3v) is 5.28. The summed E-state index contributed by atoms with van der Waals surface area (Å²) >= 11 is 7.88.